The molecule has 75 valence electrons. The average molecular weight is 197 g/mol. The van der Waals surface area contributed by atoms with Crippen molar-refractivity contribution in [3.8, 4) is 5.75 Å². The van der Waals surface area contributed by atoms with E-state index in [2.05, 4.69) is 26.0 Å². The van der Waals surface area contributed by atoms with Crippen molar-refractivity contribution < 1.29 is 4.65 Å². The van der Waals surface area contributed by atoms with Crippen LogP contribution < -0.4 is 4.65 Å². The zero-order valence-electron chi connectivity index (χ0n) is 9.73. The molecule has 0 aliphatic heterocycles. The van der Waals surface area contributed by atoms with Crippen LogP contribution >= 0.6 is 0 Å². The van der Waals surface area contributed by atoms with Crippen LogP contribution in [0.3, 0.4) is 0 Å². The lowest BCUT2D eigenvalue weighted by Gasteiger charge is -2.07. The third-order valence-electron chi connectivity index (χ3n) is 2.04. The minimum Gasteiger partial charge on any atom is -0.574 e. The van der Waals surface area contributed by atoms with E-state index in [1.165, 1.54) is 5.56 Å². The van der Waals surface area contributed by atoms with Crippen molar-refractivity contribution in [1.29, 1.82) is 0 Å². The monoisotopic (exact) mass is 197 g/mol. The molecule has 0 saturated carbocycles. The fourth-order valence-electron chi connectivity index (χ4n) is 1.37. The Morgan fingerprint density at radius 3 is 2.40 bits per heavy atom. The molecule has 4 heteroatoms. The fraction of sp³-hybridized carbons (Fsp3) is 0.455. The second kappa shape index (κ2) is 6.65. The van der Waals surface area contributed by atoms with Crippen LogP contribution in [-0.4, -0.2) is 21.6 Å². The van der Waals surface area contributed by atoms with Crippen LogP contribution in [0.2, 0.25) is 6.82 Å². The summed E-state index contributed by atoms with van der Waals surface area (Å²) in [6.45, 7) is 6.42. The van der Waals surface area contributed by atoms with Gasteiger partial charge in [0.15, 0.2) is 0 Å². The highest BCUT2D eigenvalue weighted by Gasteiger charge is 1.99. The quantitative estimate of drug-likeness (QED) is 0.501. The summed E-state index contributed by atoms with van der Waals surface area (Å²) in [4.78, 5) is 0. The molecular weight excluding hydrogens is 181 g/mol. The highest BCUT2D eigenvalue weighted by atomic mass is 16.4. The Morgan fingerprint density at radius 1 is 1.20 bits per heavy atom. The summed E-state index contributed by atoms with van der Waals surface area (Å²) in [6, 6.07) is 8.27. The third-order valence-corrected chi connectivity index (χ3v) is 2.04. The van der Waals surface area contributed by atoms with E-state index >= 15 is 0 Å². The first-order chi connectivity index (χ1) is 7.22. The fourth-order valence-corrected chi connectivity index (χ4v) is 1.37. The summed E-state index contributed by atoms with van der Waals surface area (Å²) in [6.07, 6.45) is 1.12. The summed E-state index contributed by atoms with van der Waals surface area (Å²) < 4.78 is 5.39. The van der Waals surface area contributed by atoms with Crippen LogP contribution in [0.15, 0.2) is 24.3 Å². The van der Waals surface area contributed by atoms with E-state index in [1.807, 2.05) is 33.2 Å². The van der Waals surface area contributed by atoms with E-state index in [0.29, 0.717) is 5.92 Å². The van der Waals surface area contributed by atoms with Gasteiger partial charge in [0.1, 0.15) is 0 Å². The molecule has 1 nitrogen and oxygen atoms in total. The topological polar surface area (TPSA) is 9.23 Å². The summed E-state index contributed by atoms with van der Waals surface area (Å²) in [5.74, 6) is 1.59. The second-order valence-corrected chi connectivity index (χ2v) is 4.02. The molecule has 3 radical (unpaired) electrons. The van der Waals surface area contributed by atoms with Crippen LogP contribution in [-0.2, 0) is 6.42 Å². The highest BCUT2D eigenvalue weighted by Crippen LogP contribution is 2.14. The van der Waals surface area contributed by atoms with Crippen molar-refractivity contribution >= 4 is 21.6 Å². The first kappa shape index (κ1) is 12.3. The van der Waals surface area contributed by atoms with Gasteiger partial charge in [0.2, 0.25) is 0 Å². The molecular formula is C11H16B3O. The van der Waals surface area contributed by atoms with Crippen molar-refractivity contribution in [1.82, 2.24) is 0 Å². The van der Waals surface area contributed by atoms with E-state index in [4.69, 9.17) is 4.65 Å². The number of benzene rings is 1. The Kier molecular flexibility index (Phi) is 5.45. The summed E-state index contributed by atoms with van der Waals surface area (Å²) in [5, 5.41) is 0. The molecule has 0 atom stereocenters. The molecule has 0 spiro atoms. The number of rotatable bonds is 6. The maximum absolute atomic E-state index is 5.39. The van der Waals surface area contributed by atoms with Crippen LogP contribution in [0.25, 0.3) is 0 Å². The van der Waals surface area contributed by atoms with Crippen molar-refractivity contribution in [2.24, 2.45) is 5.92 Å². The Balaban J connectivity index is 2.42. The Hall–Kier alpha value is -0.785. The molecule has 0 heterocycles. The van der Waals surface area contributed by atoms with Crippen molar-refractivity contribution in [2.45, 2.75) is 27.1 Å². The Bertz CT molecular complexity index is 272. The van der Waals surface area contributed by atoms with E-state index in [-0.39, 0.29) is 0 Å². The van der Waals surface area contributed by atoms with Crippen molar-refractivity contribution in [3.05, 3.63) is 29.8 Å². The molecule has 1 aromatic rings. The molecule has 1 rings (SSSR count). The molecule has 0 saturated heterocycles. The van der Waals surface area contributed by atoms with Gasteiger partial charge >= 0.3 is 7.37 Å². The maximum Gasteiger partial charge on any atom is 0.303 e. The van der Waals surface area contributed by atoms with Gasteiger partial charge in [0, 0.05) is 0 Å². The molecule has 15 heavy (non-hydrogen) atoms. The average Bonchev–Trinajstić information content (AvgIpc) is 2.20. The SMILES string of the molecule is C[B][B][B]Oc1ccc(CC(C)C)cc1. The lowest BCUT2D eigenvalue weighted by Crippen LogP contribution is -2.16. The molecule has 0 aliphatic rings. The van der Waals surface area contributed by atoms with Crippen LogP contribution in [0.4, 0.5) is 0 Å². The lowest BCUT2D eigenvalue weighted by molar-refractivity contribution is 0.607. The van der Waals surface area contributed by atoms with Gasteiger partial charge in [0.05, 0.1) is 20.0 Å². The van der Waals surface area contributed by atoms with Gasteiger partial charge < -0.3 is 4.65 Å². The number of hydrogen-bond donors (Lipinski definition) is 0. The Labute approximate surface area is 95.3 Å². The van der Waals surface area contributed by atoms with E-state index in [1.54, 1.807) is 7.37 Å². The standard InChI is InChI=1S/C11H16B3O/c1-9(2)8-10-4-6-11(7-5-10)15-14-13-12-3/h4-7,9H,8H2,1-3H3. The van der Waals surface area contributed by atoms with Gasteiger partial charge in [-0.25, -0.2) is 0 Å². The smallest absolute Gasteiger partial charge is 0.303 e. The van der Waals surface area contributed by atoms with Gasteiger partial charge in [-0.05, 0) is 30.0 Å². The van der Waals surface area contributed by atoms with E-state index in [0.717, 1.165) is 12.2 Å². The maximum atomic E-state index is 5.39. The minimum absolute atomic E-state index is 0.700. The van der Waals surface area contributed by atoms with Crippen molar-refractivity contribution in [2.75, 3.05) is 0 Å². The van der Waals surface area contributed by atoms with Gasteiger partial charge in [0.25, 0.3) is 0 Å². The zero-order chi connectivity index (χ0) is 11.1. The predicted molar refractivity (Wildman–Crippen MR) is 68.7 cm³/mol. The van der Waals surface area contributed by atoms with Crippen LogP contribution in [0.5, 0.6) is 5.75 Å². The van der Waals surface area contributed by atoms with E-state index < -0.39 is 0 Å². The molecule has 1 aromatic carbocycles. The van der Waals surface area contributed by atoms with Gasteiger partial charge in [-0.1, -0.05) is 26.0 Å². The zero-order valence-corrected chi connectivity index (χ0v) is 9.73. The van der Waals surface area contributed by atoms with Crippen molar-refractivity contribution in [3.63, 3.8) is 0 Å². The first-order valence-electron chi connectivity index (χ1n) is 5.42. The summed E-state index contributed by atoms with van der Waals surface area (Å²) in [5.41, 5.74) is 1.36. The summed E-state index contributed by atoms with van der Waals surface area (Å²) in [7, 11) is 5.51. The molecule has 0 aromatic heterocycles. The highest BCUT2D eigenvalue weighted by molar-refractivity contribution is 7.27. The first-order valence-corrected chi connectivity index (χ1v) is 5.42. The molecule has 0 amide bonds. The third kappa shape index (κ3) is 5.01. The van der Waals surface area contributed by atoms with Crippen LogP contribution in [0.1, 0.15) is 19.4 Å². The van der Waals surface area contributed by atoms with Gasteiger partial charge in [-0.3, -0.25) is 0 Å². The van der Waals surface area contributed by atoms with Gasteiger partial charge in [-0.15, -0.1) is 6.82 Å². The van der Waals surface area contributed by atoms with Gasteiger partial charge in [-0.2, -0.15) is 0 Å². The Morgan fingerprint density at radius 2 is 1.87 bits per heavy atom. The predicted octanol–water partition coefficient (Wildman–Crippen LogP) is 2.17. The molecule has 0 aliphatic carbocycles. The largest absolute Gasteiger partial charge is 0.574 e. The van der Waals surface area contributed by atoms with Crippen LogP contribution in [0, 0.1) is 5.92 Å². The molecule has 0 unspecified atom stereocenters. The molecule has 0 N–H and O–H groups in total. The normalized spacial score (nSPS) is 9.87. The molecule has 0 bridgehead atoms. The molecule has 0 fully saturated rings. The summed E-state index contributed by atoms with van der Waals surface area (Å²) >= 11 is 0. The number of hydrogen-bond acceptors (Lipinski definition) is 1. The minimum atomic E-state index is 0.700. The second-order valence-electron chi connectivity index (χ2n) is 4.02. The van der Waals surface area contributed by atoms with E-state index in [9.17, 15) is 0 Å². The lowest BCUT2D eigenvalue weighted by atomic mass is 9.26.